The number of benzene rings is 4. The summed E-state index contributed by atoms with van der Waals surface area (Å²) in [4.78, 5) is 0. The van der Waals surface area contributed by atoms with Gasteiger partial charge in [0.25, 0.3) is 0 Å². The molecule has 0 spiro atoms. The van der Waals surface area contributed by atoms with E-state index < -0.39 is 8.07 Å². The summed E-state index contributed by atoms with van der Waals surface area (Å²) in [6.07, 6.45) is 0. The molecule has 1 heterocycles. The fraction of sp³-hybridized carbons (Fsp3) is 0.0667. The topological polar surface area (TPSA) is 0 Å². The van der Waals surface area contributed by atoms with Crippen LogP contribution >= 0.6 is 0 Å². The molecule has 0 atom stereocenters. The van der Waals surface area contributed by atoms with Crippen LogP contribution < -0.4 is 0 Å². The molecule has 1 aliphatic rings. The van der Waals surface area contributed by atoms with Crippen molar-refractivity contribution in [3.63, 3.8) is 0 Å². The Balaban J connectivity index is 1.93. The van der Waals surface area contributed by atoms with E-state index in [4.69, 9.17) is 0 Å². The Morgan fingerprint density at radius 1 is 0.455 bits per heavy atom. The zero-order valence-corrected chi connectivity index (χ0v) is 19.6. The van der Waals surface area contributed by atoms with Gasteiger partial charge in [-0.15, -0.1) is 0 Å². The standard InChI is InChI=1S/C30H24F2Si/c1-33(2)29(23-15-9-17-25(31)19-23)27(21-11-5-3-6-12-21)28(22-13-7-4-8-14-22)30(33)24-16-10-18-26(32)20-24/h3-20H,1-2H3. The van der Waals surface area contributed by atoms with Gasteiger partial charge in [0.05, 0.1) is 0 Å². The van der Waals surface area contributed by atoms with Crippen molar-refractivity contribution in [3.8, 4) is 0 Å². The molecule has 0 unspecified atom stereocenters. The highest BCUT2D eigenvalue weighted by molar-refractivity contribution is 7.13. The van der Waals surface area contributed by atoms with Gasteiger partial charge in [0.2, 0.25) is 0 Å². The largest absolute Gasteiger partial charge is 0.207 e. The molecule has 5 rings (SSSR count). The quantitative estimate of drug-likeness (QED) is 0.274. The van der Waals surface area contributed by atoms with Gasteiger partial charge in [-0.2, -0.15) is 0 Å². The van der Waals surface area contributed by atoms with Crippen LogP contribution in [0.1, 0.15) is 22.3 Å². The first-order valence-corrected chi connectivity index (χ1v) is 14.1. The summed E-state index contributed by atoms with van der Waals surface area (Å²) in [5.41, 5.74) is 6.19. The lowest BCUT2D eigenvalue weighted by Gasteiger charge is -2.26. The summed E-state index contributed by atoms with van der Waals surface area (Å²) in [5, 5.41) is 2.35. The molecule has 0 aliphatic carbocycles. The Morgan fingerprint density at radius 3 is 1.18 bits per heavy atom. The molecule has 0 radical (unpaired) electrons. The zero-order valence-electron chi connectivity index (χ0n) is 18.6. The Labute approximate surface area is 194 Å². The summed E-state index contributed by atoms with van der Waals surface area (Å²) in [7, 11) is -2.39. The highest BCUT2D eigenvalue weighted by Crippen LogP contribution is 2.55. The van der Waals surface area contributed by atoms with Crippen LogP contribution in [0.3, 0.4) is 0 Å². The minimum absolute atomic E-state index is 0.252. The molecule has 0 N–H and O–H groups in total. The smallest absolute Gasteiger partial charge is 0.123 e. The maximum Gasteiger partial charge on any atom is 0.123 e. The van der Waals surface area contributed by atoms with Crippen LogP contribution in [0.4, 0.5) is 8.78 Å². The van der Waals surface area contributed by atoms with Crippen LogP contribution in [0.2, 0.25) is 13.1 Å². The number of halogens is 2. The molecule has 0 saturated carbocycles. The molecule has 0 amide bonds. The Kier molecular flexibility index (Phi) is 5.43. The summed E-state index contributed by atoms with van der Waals surface area (Å²) < 4.78 is 28.8. The number of rotatable bonds is 4. The lowest BCUT2D eigenvalue weighted by Crippen LogP contribution is -2.28. The van der Waals surface area contributed by atoms with Crippen molar-refractivity contribution >= 4 is 29.6 Å². The van der Waals surface area contributed by atoms with Gasteiger partial charge < -0.3 is 0 Å². The highest BCUT2D eigenvalue weighted by Gasteiger charge is 2.43. The second kappa shape index (κ2) is 8.42. The van der Waals surface area contributed by atoms with Crippen molar-refractivity contribution in [3.05, 3.63) is 143 Å². The first-order chi connectivity index (χ1) is 16.0. The van der Waals surface area contributed by atoms with E-state index in [0.717, 1.165) is 33.4 Å². The second-order valence-corrected chi connectivity index (χ2v) is 13.1. The average Bonchev–Trinajstić information content (AvgIpc) is 3.07. The van der Waals surface area contributed by atoms with Gasteiger partial charge in [-0.25, -0.2) is 8.78 Å². The summed E-state index contributed by atoms with van der Waals surface area (Å²) >= 11 is 0. The first kappa shape index (κ1) is 21.3. The van der Waals surface area contributed by atoms with Crippen LogP contribution in [0, 0.1) is 11.6 Å². The van der Waals surface area contributed by atoms with E-state index in [9.17, 15) is 8.78 Å². The molecule has 0 nitrogen and oxygen atoms in total. The second-order valence-electron chi connectivity index (χ2n) is 8.88. The van der Waals surface area contributed by atoms with Gasteiger partial charge in [0, 0.05) is 0 Å². The number of hydrogen-bond donors (Lipinski definition) is 0. The normalized spacial score (nSPS) is 15.3. The molecular weight excluding hydrogens is 426 g/mol. The minimum atomic E-state index is -2.39. The van der Waals surface area contributed by atoms with E-state index in [2.05, 4.69) is 37.4 Å². The van der Waals surface area contributed by atoms with E-state index in [-0.39, 0.29) is 11.6 Å². The molecule has 3 heteroatoms. The fourth-order valence-corrected chi connectivity index (χ4v) is 8.88. The lowest BCUT2D eigenvalue weighted by atomic mass is 9.89. The van der Waals surface area contributed by atoms with Crippen molar-refractivity contribution in [2.45, 2.75) is 13.1 Å². The molecule has 4 aromatic rings. The third-order valence-corrected chi connectivity index (χ3v) is 9.93. The molecular formula is C30H24F2Si. The first-order valence-electron chi connectivity index (χ1n) is 11.1. The zero-order chi connectivity index (χ0) is 23.0. The van der Waals surface area contributed by atoms with Crippen molar-refractivity contribution in [1.29, 1.82) is 0 Å². The molecule has 0 aromatic heterocycles. The van der Waals surface area contributed by atoms with Crippen molar-refractivity contribution in [2.24, 2.45) is 0 Å². The maximum absolute atomic E-state index is 14.4. The highest BCUT2D eigenvalue weighted by atomic mass is 28.3. The van der Waals surface area contributed by atoms with Crippen LogP contribution in [-0.2, 0) is 0 Å². The SMILES string of the molecule is C[Si]1(C)C(c2cccc(F)c2)=C(c2ccccc2)C(c2ccccc2)=C1c1cccc(F)c1. The maximum atomic E-state index is 14.4. The van der Waals surface area contributed by atoms with Crippen molar-refractivity contribution in [2.75, 3.05) is 0 Å². The van der Waals surface area contributed by atoms with Crippen LogP contribution in [-0.4, -0.2) is 8.07 Å². The fourth-order valence-electron chi connectivity index (χ4n) is 5.09. The monoisotopic (exact) mass is 450 g/mol. The Morgan fingerprint density at radius 2 is 0.818 bits per heavy atom. The molecule has 0 bridgehead atoms. The number of hydrogen-bond acceptors (Lipinski definition) is 0. The predicted octanol–water partition coefficient (Wildman–Crippen LogP) is 8.29. The van der Waals surface area contributed by atoms with Gasteiger partial charge in [0.15, 0.2) is 0 Å². The van der Waals surface area contributed by atoms with Crippen LogP contribution in [0.15, 0.2) is 109 Å². The molecule has 0 fully saturated rings. The average molecular weight is 451 g/mol. The van der Waals surface area contributed by atoms with Gasteiger partial charge in [-0.3, -0.25) is 0 Å². The van der Waals surface area contributed by atoms with Gasteiger partial charge in [0.1, 0.15) is 19.7 Å². The minimum Gasteiger partial charge on any atom is -0.207 e. The van der Waals surface area contributed by atoms with E-state index >= 15 is 0 Å². The molecule has 0 saturated heterocycles. The Bertz CT molecular complexity index is 1280. The van der Waals surface area contributed by atoms with E-state index in [1.807, 2.05) is 48.5 Å². The third kappa shape index (κ3) is 3.79. The number of allylic oxidation sites excluding steroid dienone is 2. The van der Waals surface area contributed by atoms with E-state index in [1.54, 1.807) is 24.3 Å². The summed E-state index contributed by atoms with van der Waals surface area (Å²) in [5.74, 6) is -0.504. The third-order valence-electron chi connectivity index (χ3n) is 6.35. The van der Waals surface area contributed by atoms with Crippen molar-refractivity contribution in [1.82, 2.24) is 0 Å². The van der Waals surface area contributed by atoms with Crippen LogP contribution in [0.25, 0.3) is 21.5 Å². The summed E-state index contributed by atoms with van der Waals surface area (Å²) in [6.45, 7) is 4.57. The van der Waals surface area contributed by atoms with Gasteiger partial charge in [-0.1, -0.05) is 98.0 Å². The lowest BCUT2D eigenvalue weighted by molar-refractivity contribution is 0.627. The molecule has 1 aliphatic heterocycles. The van der Waals surface area contributed by atoms with E-state index in [0.29, 0.717) is 0 Å². The van der Waals surface area contributed by atoms with Gasteiger partial charge >= 0.3 is 0 Å². The van der Waals surface area contributed by atoms with Crippen molar-refractivity contribution < 1.29 is 8.78 Å². The predicted molar refractivity (Wildman–Crippen MR) is 137 cm³/mol. The molecule has 4 aromatic carbocycles. The van der Waals surface area contributed by atoms with Gasteiger partial charge in [-0.05, 0) is 68.1 Å². The Hall–Kier alpha value is -3.56. The van der Waals surface area contributed by atoms with E-state index in [1.165, 1.54) is 22.5 Å². The molecule has 33 heavy (non-hydrogen) atoms. The molecule has 162 valence electrons. The van der Waals surface area contributed by atoms with Crippen LogP contribution in [0.5, 0.6) is 0 Å². The summed E-state index contributed by atoms with van der Waals surface area (Å²) in [6, 6.07) is 34.3.